The van der Waals surface area contributed by atoms with E-state index in [0.29, 0.717) is 0 Å². The van der Waals surface area contributed by atoms with E-state index in [1.165, 1.54) is 0 Å². The maximum absolute atomic E-state index is 10.6. The van der Waals surface area contributed by atoms with Crippen LogP contribution in [0.25, 0.3) is 0 Å². The number of carbonyl (C=O) groups excluding carboxylic acids is 1. The molecule has 0 bridgehead atoms. The van der Waals surface area contributed by atoms with E-state index < -0.39 is 14.2 Å². The van der Waals surface area contributed by atoms with Crippen molar-refractivity contribution in [2.45, 2.75) is 13.8 Å². The van der Waals surface area contributed by atoms with Gasteiger partial charge in [-0.3, -0.25) is 0 Å². The Balaban J connectivity index is 3.78. The molecule has 0 spiro atoms. The predicted molar refractivity (Wildman–Crippen MR) is 35.2 cm³/mol. The molecule has 0 aromatic heterocycles. The average Bonchev–Trinajstić information content (AvgIpc) is 1.87. The van der Waals surface area contributed by atoms with Crippen LogP contribution in [0.5, 0.6) is 0 Å². The standard InChI is InChI=1S/C5H7NO4P/c1-4(2)5(7)10-11(8)9-3-6/h4H,1-2H3/q+1. The summed E-state index contributed by atoms with van der Waals surface area (Å²) in [5.41, 5.74) is 0. The van der Waals surface area contributed by atoms with E-state index >= 15 is 0 Å². The summed E-state index contributed by atoms with van der Waals surface area (Å²) in [5.74, 6) is -1.03. The van der Waals surface area contributed by atoms with Crippen molar-refractivity contribution in [2.24, 2.45) is 5.92 Å². The maximum atomic E-state index is 10.6. The Kier molecular flexibility index (Phi) is 4.16. The lowest BCUT2D eigenvalue weighted by Crippen LogP contribution is -2.07. The van der Waals surface area contributed by atoms with Crippen LogP contribution in [-0.2, 0) is 18.4 Å². The van der Waals surface area contributed by atoms with Gasteiger partial charge in [0, 0.05) is 4.57 Å². The highest BCUT2D eigenvalue weighted by Gasteiger charge is 2.28. The molecule has 0 aliphatic rings. The maximum Gasteiger partial charge on any atom is 0.819 e. The Morgan fingerprint density at radius 1 is 1.64 bits per heavy atom. The third-order valence-corrected chi connectivity index (χ3v) is 1.31. The van der Waals surface area contributed by atoms with Crippen molar-refractivity contribution in [3.8, 4) is 6.26 Å². The minimum Gasteiger partial charge on any atom is -0.246 e. The van der Waals surface area contributed by atoms with Crippen molar-refractivity contribution in [1.82, 2.24) is 0 Å². The van der Waals surface area contributed by atoms with E-state index in [2.05, 4.69) is 9.05 Å². The molecule has 60 valence electrons. The van der Waals surface area contributed by atoms with Gasteiger partial charge in [0.15, 0.2) is 0 Å². The second kappa shape index (κ2) is 4.64. The first-order valence-electron chi connectivity index (χ1n) is 2.83. The number of nitrogens with zero attached hydrogens (tertiary/aromatic N) is 1. The van der Waals surface area contributed by atoms with Crippen molar-refractivity contribution < 1.29 is 18.4 Å². The zero-order valence-corrected chi connectivity index (χ0v) is 7.00. The minimum atomic E-state index is -2.61. The first kappa shape index (κ1) is 9.86. The van der Waals surface area contributed by atoms with E-state index in [-0.39, 0.29) is 5.92 Å². The van der Waals surface area contributed by atoms with Crippen molar-refractivity contribution >= 4 is 14.2 Å². The van der Waals surface area contributed by atoms with E-state index in [1.54, 1.807) is 13.8 Å². The molecule has 11 heavy (non-hydrogen) atoms. The van der Waals surface area contributed by atoms with Gasteiger partial charge in [-0.2, -0.15) is 4.52 Å². The Bertz CT molecular complexity index is 207. The van der Waals surface area contributed by atoms with Crippen LogP contribution in [0, 0.1) is 17.4 Å². The van der Waals surface area contributed by atoms with Crippen LogP contribution in [0.3, 0.4) is 0 Å². The zero-order valence-electron chi connectivity index (χ0n) is 6.10. The minimum absolute atomic E-state index is 0.378. The van der Waals surface area contributed by atoms with Crippen molar-refractivity contribution in [2.75, 3.05) is 0 Å². The van der Waals surface area contributed by atoms with Gasteiger partial charge in [0.25, 0.3) is 0 Å². The number of rotatable bonds is 3. The smallest absolute Gasteiger partial charge is 0.246 e. The molecule has 0 N–H and O–H groups in total. The summed E-state index contributed by atoms with van der Waals surface area (Å²) in [6.45, 7) is 3.16. The summed E-state index contributed by atoms with van der Waals surface area (Å²) < 4.78 is 18.4. The summed E-state index contributed by atoms with van der Waals surface area (Å²) >= 11 is 0. The zero-order chi connectivity index (χ0) is 8.85. The van der Waals surface area contributed by atoms with E-state index in [0.717, 1.165) is 6.26 Å². The Hall–Kier alpha value is -1.14. The van der Waals surface area contributed by atoms with Gasteiger partial charge in [0.05, 0.1) is 5.92 Å². The highest BCUT2D eigenvalue weighted by atomic mass is 31.1. The second-order valence-electron chi connectivity index (χ2n) is 1.97. The highest BCUT2D eigenvalue weighted by molar-refractivity contribution is 7.34. The van der Waals surface area contributed by atoms with Gasteiger partial charge in [-0.05, 0) is 0 Å². The monoisotopic (exact) mass is 176 g/mol. The predicted octanol–water partition coefficient (Wildman–Crippen LogP) is 1.34. The van der Waals surface area contributed by atoms with Gasteiger partial charge in [-0.25, -0.2) is 4.79 Å². The van der Waals surface area contributed by atoms with Crippen LogP contribution in [0.1, 0.15) is 13.8 Å². The summed E-state index contributed by atoms with van der Waals surface area (Å²) in [4.78, 5) is 10.6. The molecule has 0 fully saturated rings. The van der Waals surface area contributed by atoms with E-state index in [4.69, 9.17) is 5.26 Å². The molecular formula is C5H7NO4P+. The average molecular weight is 176 g/mol. The fourth-order valence-electron chi connectivity index (χ4n) is 0.231. The first-order chi connectivity index (χ1) is 5.07. The van der Waals surface area contributed by atoms with Crippen molar-refractivity contribution in [1.29, 1.82) is 5.26 Å². The fraction of sp³-hybridized carbons (Fsp3) is 0.600. The molecule has 0 amide bonds. The molecule has 0 saturated carbocycles. The van der Waals surface area contributed by atoms with E-state index in [9.17, 15) is 9.36 Å². The lowest BCUT2D eigenvalue weighted by molar-refractivity contribution is -0.137. The third kappa shape index (κ3) is 4.29. The summed E-state index contributed by atoms with van der Waals surface area (Å²) in [5, 5.41) is 7.84. The lowest BCUT2D eigenvalue weighted by Gasteiger charge is -1.91. The molecule has 0 aliphatic carbocycles. The Labute approximate surface area is 64.9 Å². The fourth-order valence-corrected chi connectivity index (χ4v) is 0.693. The SMILES string of the molecule is CC(C)C(=O)O[P+](=O)OC#N. The molecule has 1 atom stereocenters. The third-order valence-electron chi connectivity index (χ3n) is 0.751. The largest absolute Gasteiger partial charge is 0.819 e. The topological polar surface area (TPSA) is 76.4 Å². The number of hydrogen-bond donors (Lipinski definition) is 0. The molecule has 0 aliphatic heterocycles. The molecule has 0 saturated heterocycles. The van der Waals surface area contributed by atoms with Gasteiger partial charge in [0.1, 0.15) is 0 Å². The Morgan fingerprint density at radius 3 is 2.55 bits per heavy atom. The number of carbonyl (C=O) groups is 1. The van der Waals surface area contributed by atoms with Gasteiger partial charge >= 0.3 is 20.5 Å². The molecule has 0 aromatic rings. The van der Waals surface area contributed by atoms with Gasteiger partial charge in [-0.15, -0.1) is 9.79 Å². The molecule has 6 heteroatoms. The quantitative estimate of drug-likeness (QED) is 0.479. The Morgan fingerprint density at radius 2 is 2.18 bits per heavy atom. The van der Waals surface area contributed by atoms with Gasteiger partial charge < -0.3 is 0 Å². The van der Waals surface area contributed by atoms with Gasteiger partial charge in [-0.1, -0.05) is 13.8 Å². The summed E-state index contributed by atoms with van der Waals surface area (Å²) in [7, 11) is -2.61. The second-order valence-corrected chi connectivity index (χ2v) is 2.78. The highest BCUT2D eigenvalue weighted by Crippen LogP contribution is 2.24. The number of nitriles is 1. The lowest BCUT2D eigenvalue weighted by atomic mass is 10.2. The van der Waals surface area contributed by atoms with Crippen LogP contribution in [0.4, 0.5) is 0 Å². The first-order valence-corrected chi connectivity index (χ1v) is 3.92. The normalized spacial score (nSPS) is 10.2. The van der Waals surface area contributed by atoms with Crippen molar-refractivity contribution in [3.63, 3.8) is 0 Å². The summed E-state index contributed by atoms with van der Waals surface area (Å²) in [6, 6.07) is 0. The number of hydrogen-bond acceptors (Lipinski definition) is 5. The molecule has 0 rings (SSSR count). The van der Waals surface area contributed by atoms with Crippen molar-refractivity contribution in [3.05, 3.63) is 0 Å². The molecule has 1 unspecified atom stereocenters. The van der Waals surface area contributed by atoms with Crippen LogP contribution >= 0.6 is 8.25 Å². The van der Waals surface area contributed by atoms with Crippen LogP contribution in [0.15, 0.2) is 0 Å². The van der Waals surface area contributed by atoms with Crippen LogP contribution in [0.2, 0.25) is 0 Å². The molecule has 0 heterocycles. The molecule has 0 aromatic carbocycles. The van der Waals surface area contributed by atoms with Gasteiger partial charge in [0.2, 0.25) is 0 Å². The molecular weight excluding hydrogens is 169 g/mol. The van der Waals surface area contributed by atoms with Crippen LogP contribution < -0.4 is 0 Å². The summed E-state index contributed by atoms with van der Waals surface area (Å²) in [6.07, 6.45) is 1.15. The molecule has 5 nitrogen and oxygen atoms in total. The van der Waals surface area contributed by atoms with E-state index in [1.807, 2.05) is 0 Å². The van der Waals surface area contributed by atoms with Crippen LogP contribution in [-0.4, -0.2) is 5.97 Å². The molecule has 0 radical (unpaired) electrons.